The molecule has 0 aromatic heterocycles. The molecule has 0 aliphatic carbocycles. The molecule has 3 aliphatic heterocycles. The van der Waals surface area contributed by atoms with E-state index >= 15 is 0 Å². The number of sulfone groups is 1. The number of hydrogen-bond donors (Lipinski definition) is 0. The smallest absolute Gasteiger partial charge is 0.250 e. The Bertz CT molecular complexity index is 883. The molecular formula is C17H20N2O5S2. The Morgan fingerprint density at radius 1 is 1.35 bits per heavy atom. The highest BCUT2D eigenvalue weighted by Gasteiger charge is 2.49. The van der Waals surface area contributed by atoms with Gasteiger partial charge in [0, 0.05) is 22.9 Å². The summed E-state index contributed by atoms with van der Waals surface area (Å²) in [5, 5.41) is 0.452. The summed E-state index contributed by atoms with van der Waals surface area (Å²) in [5.74, 6) is 1.11. The summed E-state index contributed by atoms with van der Waals surface area (Å²) < 4.78 is 35.0. The second-order valence-electron chi connectivity index (χ2n) is 6.75. The number of ether oxygens (including phenoxy) is 2. The van der Waals surface area contributed by atoms with Gasteiger partial charge in [-0.3, -0.25) is 4.79 Å². The molecule has 140 valence electrons. The van der Waals surface area contributed by atoms with Gasteiger partial charge in [0.1, 0.15) is 0 Å². The standard InChI is InChI=1S/C17H20N2O5S2/c1-3-10(2)16(20)18-17-19(12-7-26(21,22)8-15(12)25-17)11-4-5-13-14(6-11)24-9-23-13/h4-6,10,12,15H,3,7-9H2,1-2H3. The fourth-order valence-corrected chi connectivity index (χ4v) is 7.20. The molecule has 3 heterocycles. The Morgan fingerprint density at radius 3 is 2.88 bits per heavy atom. The topological polar surface area (TPSA) is 85.3 Å². The number of nitrogens with zero attached hydrogens (tertiary/aromatic N) is 2. The number of benzene rings is 1. The van der Waals surface area contributed by atoms with Crippen molar-refractivity contribution in [2.24, 2.45) is 10.9 Å². The summed E-state index contributed by atoms with van der Waals surface area (Å²) in [6, 6.07) is 5.24. The number of thioether (sulfide) groups is 1. The van der Waals surface area contributed by atoms with E-state index in [0.29, 0.717) is 23.1 Å². The van der Waals surface area contributed by atoms with Gasteiger partial charge in [-0.1, -0.05) is 25.6 Å². The number of carbonyl (C=O) groups is 1. The molecule has 0 bridgehead atoms. The second kappa shape index (κ2) is 6.45. The molecule has 3 aliphatic rings. The SMILES string of the molecule is CCC(C)C(=O)N=C1SC2CS(=O)(=O)CC2N1c1ccc2c(c1)OCO2. The van der Waals surface area contributed by atoms with Gasteiger partial charge in [-0.05, 0) is 18.6 Å². The maximum absolute atomic E-state index is 12.4. The first kappa shape index (κ1) is 17.7. The minimum Gasteiger partial charge on any atom is -0.454 e. The normalized spacial score (nSPS) is 28.4. The fraction of sp³-hybridized carbons (Fsp3) is 0.529. The van der Waals surface area contributed by atoms with Crippen LogP contribution in [0.3, 0.4) is 0 Å². The number of hydrogen-bond acceptors (Lipinski definition) is 6. The van der Waals surface area contributed by atoms with Crippen LogP contribution in [0.4, 0.5) is 5.69 Å². The highest BCUT2D eigenvalue weighted by atomic mass is 32.2. The van der Waals surface area contributed by atoms with E-state index in [-0.39, 0.29) is 41.4 Å². The molecule has 1 amide bonds. The third-order valence-corrected chi connectivity index (χ3v) is 8.15. The van der Waals surface area contributed by atoms with Crippen LogP contribution >= 0.6 is 11.8 Å². The Kier molecular flexibility index (Phi) is 4.38. The van der Waals surface area contributed by atoms with Gasteiger partial charge in [0.05, 0.1) is 17.5 Å². The Balaban J connectivity index is 1.73. The monoisotopic (exact) mass is 396 g/mol. The molecule has 0 N–H and O–H groups in total. The first-order valence-electron chi connectivity index (χ1n) is 8.56. The molecule has 1 aromatic carbocycles. The van der Waals surface area contributed by atoms with E-state index in [4.69, 9.17) is 9.47 Å². The summed E-state index contributed by atoms with van der Waals surface area (Å²) in [4.78, 5) is 18.6. The third-order valence-electron chi connectivity index (χ3n) is 4.94. The van der Waals surface area contributed by atoms with E-state index in [1.165, 1.54) is 11.8 Å². The summed E-state index contributed by atoms with van der Waals surface area (Å²) in [7, 11) is -3.09. The van der Waals surface area contributed by atoms with Crippen molar-refractivity contribution in [1.82, 2.24) is 0 Å². The number of rotatable bonds is 3. The van der Waals surface area contributed by atoms with Crippen LogP contribution in [0.2, 0.25) is 0 Å². The Morgan fingerprint density at radius 2 is 2.12 bits per heavy atom. The van der Waals surface area contributed by atoms with Gasteiger partial charge in [-0.25, -0.2) is 8.42 Å². The Labute approximate surface area is 156 Å². The molecule has 9 heteroatoms. The molecule has 3 unspecified atom stereocenters. The average Bonchev–Trinajstić information content (AvgIpc) is 3.25. The quantitative estimate of drug-likeness (QED) is 0.773. The molecule has 7 nitrogen and oxygen atoms in total. The van der Waals surface area contributed by atoms with Crippen molar-refractivity contribution in [2.45, 2.75) is 31.6 Å². The molecule has 0 spiro atoms. The average molecular weight is 396 g/mol. The summed E-state index contributed by atoms with van der Waals surface area (Å²) in [6.45, 7) is 3.96. The van der Waals surface area contributed by atoms with Crippen molar-refractivity contribution in [2.75, 3.05) is 23.2 Å². The Hall–Kier alpha value is -1.74. The van der Waals surface area contributed by atoms with E-state index in [1.54, 1.807) is 6.07 Å². The van der Waals surface area contributed by atoms with Crippen LogP contribution in [-0.2, 0) is 14.6 Å². The predicted octanol–water partition coefficient (Wildman–Crippen LogP) is 2.06. The van der Waals surface area contributed by atoms with Crippen molar-refractivity contribution in [3.63, 3.8) is 0 Å². The number of carbonyl (C=O) groups excluding carboxylic acids is 1. The largest absolute Gasteiger partial charge is 0.454 e. The van der Waals surface area contributed by atoms with Crippen LogP contribution in [0, 0.1) is 5.92 Å². The predicted molar refractivity (Wildman–Crippen MR) is 101 cm³/mol. The molecule has 2 saturated heterocycles. The van der Waals surface area contributed by atoms with Crippen molar-refractivity contribution in [3.8, 4) is 11.5 Å². The van der Waals surface area contributed by atoms with E-state index in [1.807, 2.05) is 30.9 Å². The van der Waals surface area contributed by atoms with Gasteiger partial charge in [0.25, 0.3) is 5.91 Å². The van der Waals surface area contributed by atoms with E-state index in [0.717, 1.165) is 5.69 Å². The maximum atomic E-state index is 12.4. The molecule has 2 fully saturated rings. The first-order valence-corrected chi connectivity index (χ1v) is 11.3. The molecule has 26 heavy (non-hydrogen) atoms. The van der Waals surface area contributed by atoms with Crippen LogP contribution in [0.15, 0.2) is 23.2 Å². The highest BCUT2D eigenvalue weighted by molar-refractivity contribution is 8.16. The van der Waals surface area contributed by atoms with E-state index < -0.39 is 9.84 Å². The molecular weight excluding hydrogens is 376 g/mol. The second-order valence-corrected chi connectivity index (χ2v) is 10.1. The first-order chi connectivity index (χ1) is 12.4. The lowest BCUT2D eigenvalue weighted by Gasteiger charge is -2.24. The zero-order chi connectivity index (χ0) is 18.5. The molecule has 4 rings (SSSR count). The zero-order valence-electron chi connectivity index (χ0n) is 14.5. The molecule has 0 saturated carbocycles. The van der Waals surface area contributed by atoms with Crippen molar-refractivity contribution < 1.29 is 22.7 Å². The summed E-state index contributed by atoms with van der Waals surface area (Å²) in [6.07, 6.45) is 0.714. The lowest BCUT2D eigenvalue weighted by molar-refractivity contribution is -0.121. The maximum Gasteiger partial charge on any atom is 0.250 e. The van der Waals surface area contributed by atoms with Gasteiger partial charge in [0.15, 0.2) is 26.5 Å². The molecule has 3 atom stereocenters. The number of anilines is 1. The van der Waals surface area contributed by atoms with Crippen LogP contribution in [0.25, 0.3) is 0 Å². The third kappa shape index (κ3) is 3.07. The lowest BCUT2D eigenvalue weighted by Crippen LogP contribution is -2.37. The van der Waals surface area contributed by atoms with Crippen molar-refractivity contribution in [1.29, 1.82) is 0 Å². The number of amidine groups is 1. The van der Waals surface area contributed by atoms with Crippen molar-refractivity contribution in [3.05, 3.63) is 18.2 Å². The zero-order valence-corrected chi connectivity index (χ0v) is 16.2. The van der Waals surface area contributed by atoms with Crippen molar-refractivity contribution >= 4 is 38.4 Å². The fourth-order valence-electron chi connectivity index (χ4n) is 3.28. The van der Waals surface area contributed by atoms with Gasteiger partial charge < -0.3 is 14.4 Å². The molecule has 0 radical (unpaired) electrons. The van der Waals surface area contributed by atoms with Crippen LogP contribution in [0.1, 0.15) is 20.3 Å². The minimum atomic E-state index is -3.09. The summed E-state index contributed by atoms with van der Waals surface area (Å²) >= 11 is 1.38. The van der Waals surface area contributed by atoms with Crippen LogP contribution in [0.5, 0.6) is 11.5 Å². The number of amides is 1. The lowest BCUT2D eigenvalue weighted by atomic mass is 10.1. The van der Waals surface area contributed by atoms with Gasteiger partial charge >= 0.3 is 0 Å². The number of fused-ring (bicyclic) bond motifs is 2. The van der Waals surface area contributed by atoms with E-state index in [9.17, 15) is 13.2 Å². The number of aliphatic imine (C=N–C) groups is 1. The van der Waals surface area contributed by atoms with Crippen LogP contribution in [-0.4, -0.2) is 49.1 Å². The van der Waals surface area contributed by atoms with E-state index in [2.05, 4.69) is 4.99 Å². The summed E-state index contributed by atoms with van der Waals surface area (Å²) in [5.41, 5.74) is 0.766. The van der Waals surface area contributed by atoms with Gasteiger partial charge in [0.2, 0.25) is 6.79 Å². The van der Waals surface area contributed by atoms with Gasteiger partial charge in [-0.2, -0.15) is 4.99 Å². The van der Waals surface area contributed by atoms with Gasteiger partial charge in [-0.15, -0.1) is 0 Å². The van der Waals surface area contributed by atoms with Crippen LogP contribution < -0.4 is 14.4 Å². The molecule has 1 aromatic rings. The minimum absolute atomic E-state index is 0.0651. The highest BCUT2D eigenvalue weighted by Crippen LogP contribution is 2.44.